The third kappa shape index (κ3) is 2.33. The monoisotopic (exact) mass is 283 g/mol. The molecule has 1 aliphatic heterocycles. The van der Waals surface area contributed by atoms with Crippen molar-refractivity contribution in [2.24, 2.45) is 0 Å². The Balaban J connectivity index is 2.03. The zero-order chi connectivity index (χ0) is 15.0. The van der Waals surface area contributed by atoms with Crippen LogP contribution in [0.2, 0.25) is 0 Å². The molecule has 3 rings (SSSR count). The fourth-order valence-corrected chi connectivity index (χ4v) is 2.49. The van der Waals surface area contributed by atoms with Crippen molar-refractivity contribution in [2.75, 3.05) is 26.1 Å². The summed E-state index contributed by atoms with van der Waals surface area (Å²) in [7, 11) is 5.58. The van der Waals surface area contributed by atoms with Crippen molar-refractivity contribution in [1.29, 1.82) is 0 Å². The lowest BCUT2D eigenvalue weighted by molar-refractivity contribution is 0.0456. The highest BCUT2D eigenvalue weighted by atomic mass is 16.5. The molecule has 0 aromatic heterocycles. The van der Waals surface area contributed by atoms with E-state index in [1.165, 1.54) is 0 Å². The van der Waals surface area contributed by atoms with E-state index < -0.39 is 0 Å². The molecule has 1 heterocycles. The zero-order valence-corrected chi connectivity index (χ0v) is 12.3. The molecule has 1 unspecified atom stereocenters. The van der Waals surface area contributed by atoms with Gasteiger partial charge in [0.25, 0.3) is 0 Å². The molecule has 0 saturated carbocycles. The maximum atomic E-state index is 12.0. The molecule has 1 atom stereocenters. The molecule has 0 amide bonds. The van der Waals surface area contributed by atoms with Crippen LogP contribution in [0.1, 0.15) is 27.6 Å². The Bertz CT molecular complexity index is 677. The first-order valence-electron chi connectivity index (χ1n) is 6.76. The minimum Gasteiger partial charge on any atom is -0.497 e. The van der Waals surface area contributed by atoms with Crippen molar-refractivity contribution < 1.29 is 14.3 Å². The van der Waals surface area contributed by atoms with Gasteiger partial charge in [-0.2, -0.15) is 0 Å². The second-order valence-corrected chi connectivity index (χ2v) is 5.22. The molecule has 108 valence electrons. The van der Waals surface area contributed by atoms with Gasteiger partial charge in [0.2, 0.25) is 0 Å². The average molecular weight is 283 g/mol. The highest BCUT2D eigenvalue weighted by Gasteiger charge is 2.32. The van der Waals surface area contributed by atoms with Crippen molar-refractivity contribution in [1.82, 2.24) is 0 Å². The number of hydrogen-bond donors (Lipinski definition) is 0. The SMILES string of the molecule is COc1ccc(C2OC(=O)c3ccc(N(C)C)cc32)cc1. The van der Waals surface area contributed by atoms with E-state index in [4.69, 9.17) is 9.47 Å². The molecule has 0 fully saturated rings. The van der Waals surface area contributed by atoms with Gasteiger partial charge in [0.1, 0.15) is 5.75 Å². The van der Waals surface area contributed by atoms with Crippen molar-refractivity contribution in [2.45, 2.75) is 6.10 Å². The van der Waals surface area contributed by atoms with E-state index in [0.29, 0.717) is 5.56 Å². The Kier molecular flexibility index (Phi) is 3.29. The molecule has 0 N–H and O–H groups in total. The van der Waals surface area contributed by atoms with E-state index in [9.17, 15) is 4.79 Å². The minimum atomic E-state index is -0.349. The molecule has 0 radical (unpaired) electrons. The quantitative estimate of drug-likeness (QED) is 0.812. The Morgan fingerprint density at radius 3 is 2.43 bits per heavy atom. The van der Waals surface area contributed by atoms with Gasteiger partial charge in [-0.15, -0.1) is 0 Å². The van der Waals surface area contributed by atoms with Crippen molar-refractivity contribution in [3.05, 3.63) is 59.2 Å². The maximum absolute atomic E-state index is 12.0. The summed E-state index contributed by atoms with van der Waals surface area (Å²) in [6.07, 6.45) is -0.349. The van der Waals surface area contributed by atoms with Gasteiger partial charge < -0.3 is 14.4 Å². The number of esters is 1. The summed E-state index contributed by atoms with van der Waals surface area (Å²) < 4.78 is 10.7. The molecule has 0 saturated heterocycles. The molecule has 2 aromatic rings. The molecule has 4 nitrogen and oxygen atoms in total. The fourth-order valence-electron chi connectivity index (χ4n) is 2.49. The Labute approximate surface area is 123 Å². The number of nitrogens with zero attached hydrogens (tertiary/aromatic N) is 1. The Morgan fingerprint density at radius 2 is 1.81 bits per heavy atom. The van der Waals surface area contributed by atoms with Gasteiger partial charge in [-0.05, 0) is 35.9 Å². The Morgan fingerprint density at radius 1 is 1.10 bits per heavy atom. The number of ether oxygens (including phenoxy) is 2. The summed E-state index contributed by atoms with van der Waals surface area (Å²) in [6.45, 7) is 0. The third-order valence-corrected chi connectivity index (χ3v) is 3.70. The normalized spacial score (nSPS) is 16.3. The van der Waals surface area contributed by atoms with E-state index in [-0.39, 0.29) is 12.1 Å². The predicted octanol–water partition coefficient (Wildman–Crippen LogP) is 3.02. The van der Waals surface area contributed by atoms with Gasteiger partial charge >= 0.3 is 5.97 Å². The number of anilines is 1. The number of rotatable bonds is 3. The van der Waals surface area contributed by atoms with Crippen LogP contribution in [0.3, 0.4) is 0 Å². The molecule has 0 aliphatic carbocycles. The first-order chi connectivity index (χ1) is 10.1. The third-order valence-electron chi connectivity index (χ3n) is 3.70. The number of cyclic esters (lactones) is 1. The van der Waals surface area contributed by atoms with Crippen LogP contribution >= 0.6 is 0 Å². The molecule has 0 spiro atoms. The van der Waals surface area contributed by atoms with Crippen LogP contribution < -0.4 is 9.64 Å². The lowest BCUT2D eigenvalue weighted by Gasteiger charge is -2.15. The lowest BCUT2D eigenvalue weighted by atomic mass is 9.98. The fraction of sp³-hybridized carbons (Fsp3) is 0.235. The standard InChI is InChI=1S/C17H17NO3/c1-18(2)12-6-9-14-15(10-12)16(21-17(14)19)11-4-7-13(20-3)8-5-11/h4-10,16H,1-3H3. The highest BCUT2D eigenvalue weighted by molar-refractivity contribution is 5.95. The topological polar surface area (TPSA) is 38.8 Å². The number of benzene rings is 2. The molecule has 4 heteroatoms. The van der Waals surface area contributed by atoms with Crippen LogP contribution in [0.15, 0.2) is 42.5 Å². The van der Waals surface area contributed by atoms with E-state index in [1.807, 2.05) is 61.5 Å². The van der Waals surface area contributed by atoms with Crippen LogP contribution in [0.5, 0.6) is 5.75 Å². The maximum Gasteiger partial charge on any atom is 0.339 e. The zero-order valence-electron chi connectivity index (χ0n) is 12.3. The summed E-state index contributed by atoms with van der Waals surface area (Å²) >= 11 is 0. The summed E-state index contributed by atoms with van der Waals surface area (Å²) in [5.41, 5.74) is 3.54. The number of carbonyl (C=O) groups excluding carboxylic acids is 1. The molecule has 0 bridgehead atoms. The number of methoxy groups -OCH3 is 1. The van der Waals surface area contributed by atoms with Gasteiger partial charge in [-0.1, -0.05) is 12.1 Å². The van der Waals surface area contributed by atoms with Gasteiger partial charge in [0.05, 0.1) is 12.7 Å². The van der Waals surface area contributed by atoms with Crippen molar-refractivity contribution >= 4 is 11.7 Å². The summed E-state index contributed by atoms with van der Waals surface area (Å²) in [4.78, 5) is 14.0. The van der Waals surface area contributed by atoms with Gasteiger partial charge in [0, 0.05) is 25.3 Å². The van der Waals surface area contributed by atoms with Gasteiger partial charge in [-0.25, -0.2) is 4.79 Å². The number of hydrogen-bond acceptors (Lipinski definition) is 4. The smallest absolute Gasteiger partial charge is 0.339 e. The van der Waals surface area contributed by atoms with Crippen LogP contribution in [0.25, 0.3) is 0 Å². The van der Waals surface area contributed by atoms with Crippen molar-refractivity contribution in [3.8, 4) is 5.75 Å². The average Bonchev–Trinajstić information content (AvgIpc) is 2.84. The lowest BCUT2D eigenvalue weighted by Crippen LogP contribution is -2.09. The Hall–Kier alpha value is -2.49. The van der Waals surface area contributed by atoms with E-state index in [1.54, 1.807) is 7.11 Å². The van der Waals surface area contributed by atoms with Crippen LogP contribution in [0.4, 0.5) is 5.69 Å². The highest BCUT2D eigenvalue weighted by Crippen LogP contribution is 2.38. The molecule has 1 aliphatic rings. The molecular formula is C17H17NO3. The number of carbonyl (C=O) groups is 1. The van der Waals surface area contributed by atoms with Crippen molar-refractivity contribution in [3.63, 3.8) is 0 Å². The second-order valence-electron chi connectivity index (χ2n) is 5.22. The van der Waals surface area contributed by atoms with Crippen LogP contribution in [-0.4, -0.2) is 27.2 Å². The summed E-state index contributed by atoms with van der Waals surface area (Å²) in [5.74, 6) is 0.515. The first kappa shape index (κ1) is 13.5. The van der Waals surface area contributed by atoms with E-state index in [2.05, 4.69) is 0 Å². The minimum absolute atomic E-state index is 0.267. The largest absolute Gasteiger partial charge is 0.497 e. The summed E-state index contributed by atoms with van der Waals surface area (Å²) in [5, 5.41) is 0. The molecular weight excluding hydrogens is 266 g/mol. The summed E-state index contributed by atoms with van der Waals surface area (Å²) in [6, 6.07) is 13.4. The number of fused-ring (bicyclic) bond motifs is 1. The molecule has 21 heavy (non-hydrogen) atoms. The van der Waals surface area contributed by atoms with E-state index >= 15 is 0 Å². The van der Waals surface area contributed by atoms with Gasteiger partial charge in [-0.3, -0.25) is 0 Å². The van der Waals surface area contributed by atoms with Crippen LogP contribution in [-0.2, 0) is 4.74 Å². The van der Waals surface area contributed by atoms with E-state index in [0.717, 1.165) is 22.6 Å². The molecule has 2 aromatic carbocycles. The first-order valence-corrected chi connectivity index (χ1v) is 6.76. The predicted molar refractivity (Wildman–Crippen MR) is 81.0 cm³/mol. The van der Waals surface area contributed by atoms with Gasteiger partial charge in [0.15, 0.2) is 6.10 Å². The second kappa shape index (κ2) is 5.13. The van der Waals surface area contributed by atoms with Crippen LogP contribution in [0, 0.1) is 0 Å².